The summed E-state index contributed by atoms with van der Waals surface area (Å²) >= 11 is 2.17. The quantitative estimate of drug-likeness (QED) is 0.643. The average molecular weight is 356 g/mol. The van der Waals surface area contributed by atoms with E-state index in [1.54, 1.807) is 0 Å². The summed E-state index contributed by atoms with van der Waals surface area (Å²) < 4.78 is 0.960. The van der Waals surface area contributed by atoms with Crippen molar-refractivity contribution < 1.29 is 4.79 Å². The van der Waals surface area contributed by atoms with Crippen molar-refractivity contribution in [2.24, 2.45) is 5.92 Å². The molecule has 2 rings (SSSR count). The molecule has 0 fully saturated rings. The predicted molar refractivity (Wildman–Crippen MR) is 80.9 cm³/mol. The van der Waals surface area contributed by atoms with Gasteiger partial charge in [0, 0.05) is 15.2 Å². The molecule has 4 heteroatoms. The lowest BCUT2D eigenvalue weighted by atomic mass is 10.0. The van der Waals surface area contributed by atoms with E-state index in [2.05, 4.69) is 46.4 Å². The molecule has 1 aliphatic rings. The van der Waals surface area contributed by atoms with Gasteiger partial charge in [-0.1, -0.05) is 25.1 Å². The molecule has 1 atom stereocenters. The van der Waals surface area contributed by atoms with Gasteiger partial charge in [0.1, 0.15) is 0 Å². The number of hydrogen-bond donors (Lipinski definition) is 2. The van der Waals surface area contributed by atoms with Crippen molar-refractivity contribution >= 4 is 28.5 Å². The Labute approximate surface area is 121 Å². The summed E-state index contributed by atoms with van der Waals surface area (Å²) in [6.07, 6.45) is 5.55. The molecule has 3 nitrogen and oxygen atoms in total. The lowest BCUT2D eigenvalue weighted by molar-refractivity contribution is 0.0936. The van der Waals surface area contributed by atoms with Gasteiger partial charge in [0.05, 0.1) is 5.56 Å². The fourth-order valence-electron chi connectivity index (χ4n) is 2.18. The maximum atomic E-state index is 12.0. The minimum absolute atomic E-state index is 0.0809. The number of hydrazine groups is 1. The Morgan fingerprint density at radius 1 is 1.44 bits per heavy atom. The number of benzene rings is 1. The topological polar surface area (TPSA) is 41.1 Å². The van der Waals surface area contributed by atoms with Gasteiger partial charge in [0.2, 0.25) is 0 Å². The van der Waals surface area contributed by atoms with Gasteiger partial charge in [0.15, 0.2) is 0 Å². The highest BCUT2D eigenvalue weighted by Crippen LogP contribution is 2.25. The van der Waals surface area contributed by atoms with Crippen molar-refractivity contribution in [2.75, 3.05) is 0 Å². The monoisotopic (exact) mass is 356 g/mol. The highest BCUT2D eigenvalue weighted by molar-refractivity contribution is 14.1. The Morgan fingerprint density at radius 3 is 2.94 bits per heavy atom. The van der Waals surface area contributed by atoms with Crippen molar-refractivity contribution in [1.82, 2.24) is 10.9 Å². The molecule has 0 heterocycles. The zero-order valence-electron chi connectivity index (χ0n) is 10.4. The van der Waals surface area contributed by atoms with Crippen LogP contribution in [0.15, 0.2) is 36.0 Å². The maximum Gasteiger partial charge on any atom is 0.270 e. The molecule has 0 aliphatic heterocycles. The number of nitrogens with one attached hydrogen (secondary N) is 2. The molecule has 1 amide bonds. The highest BCUT2D eigenvalue weighted by atomic mass is 127. The van der Waals surface area contributed by atoms with E-state index < -0.39 is 0 Å². The number of carbonyl (C=O) groups is 1. The van der Waals surface area contributed by atoms with Gasteiger partial charge < -0.3 is 5.43 Å². The molecule has 1 unspecified atom stereocenters. The van der Waals surface area contributed by atoms with Gasteiger partial charge in [0.25, 0.3) is 5.91 Å². The SMILES string of the molecule is CCC1CCC=C1NNC(=O)c1ccccc1I. The van der Waals surface area contributed by atoms with E-state index in [1.165, 1.54) is 6.42 Å². The van der Waals surface area contributed by atoms with E-state index in [4.69, 9.17) is 0 Å². The van der Waals surface area contributed by atoms with Gasteiger partial charge in [-0.2, -0.15) is 0 Å². The van der Waals surface area contributed by atoms with Crippen LogP contribution in [0.4, 0.5) is 0 Å². The number of allylic oxidation sites excluding steroid dienone is 2. The first-order valence-corrected chi connectivity index (χ1v) is 7.31. The summed E-state index contributed by atoms with van der Waals surface area (Å²) in [6, 6.07) is 7.57. The molecule has 1 aromatic carbocycles. The zero-order chi connectivity index (χ0) is 13.0. The average Bonchev–Trinajstić information content (AvgIpc) is 2.84. The minimum atomic E-state index is -0.0809. The second-order valence-electron chi connectivity index (χ2n) is 4.40. The van der Waals surface area contributed by atoms with E-state index in [-0.39, 0.29) is 5.91 Å². The van der Waals surface area contributed by atoms with Crippen LogP contribution in [0.5, 0.6) is 0 Å². The van der Waals surface area contributed by atoms with Gasteiger partial charge in [-0.05, 0) is 54.0 Å². The smallest absolute Gasteiger partial charge is 0.270 e. The number of halogens is 1. The first-order valence-electron chi connectivity index (χ1n) is 6.23. The van der Waals surface area contributed by atoms with Crippen molar-refractivity contribution in [1.29, 1.82) is 0 Å². The van der Waals surface area contributed by atoms with Gasteiger partial charge in [-0.15, -0.1) is 0 Å². The second kappa shape index (κ2) is 6.22. The summed E-state index contributed by atoms with van der Waals surface area (Å²) in [5.74, 6) is 0.475. The Hall–Kier alpha value is -1.04. The summed E-state index contributed by atoms with van der Waals surface area (Å²) in [5, 5.41) is 0. The standard InChI is InChI=1S/C14H17IN2O/c1-2-10-6-5-9-13(10)16-17-14(18)11-7-3-4-8-12(11)15/h3-4,7-10,16H,2,5-6H2,1H3,(H,17,18). The zero-order valence-corrected chi connectivity index (χ0v) is 12.5. The Morgan fingerprint density at radius 2 is 2.22 bits per heavy atom. The third kappa shape index (κ3) is 3.04. The van der Waals surface area contributed by atoms with E-state index in [0.717, 1.165) is 22.1 Å². The summed E-state index contributed by atoms with van der Waals surface area (Å²) in [7, 11) is 0. The van der Waals surface area contributed by atoms with Crippen LogP contribution in [0, 0.1) is 9.49 Å². The van der Waals surface area contributed by atoms with Crippen LogP contribution in [0.2, 0.25) is 0 Å². The van der Waals surface area contributed by atoms with Crippen LogP contribution < -0.4 is 10.9 Å². The van der Waals surface area contributed by atoms with Gasteiger partial charge >= 0.3 is 0 Å². The predicted octanol–water partition coefficient (Wildman–Crippen LogP) is 3.23. The molecule has 0 spiro atoms. The van der Waals surface area contributed by atoms with Crippen LogP contribution in [-0.4, -0.2) is 5.91 Å². The molecule has 1 aliphatic carbocycles. The van der Waals surface area contributed by atoms with E-state index in [9.17, 15) is 4.79 Å². The third-order valence-electron chi connectivity index (χ3n) is 3.25. The summed E-state index contributed by atoms with van der Waals surface area (Å²) in [6.45, 7) is 2.17. The van der Waals surface area contributed by atoms with Crippen LogP contribution in [0.3, 0.4) is 0 Å². The van der Waals surface area contributed by atoms with Crippen LogP contribution in [0.1, 0.15) is 36.5 Å². The Bertz CT molecular complexity index is 471. The van der Waals surface area contributed by atoms with E-state index in [1.807, 2.05) is 24.3 Å². The molecule has 0 bridgehead atoms. The maximum absolute atomic E-state index is 12.0. The fourth-order valence-corrected chi connectivity index (χ4v) is 2.81. The van der Waals surface area contributed by atoms with Gasteiger partial charge in [-0.25, -0.2) is 0 Å². The molecule has 0 saturated heterocycles. The number of carbonyl (C=O) groups excluding carboxylic acids is 1. The normalized spacial score (nSPS) is 18.3. The number of rotatable bonds is 4. The molecule has 0 radical (unpaired) electrons. The van der Waals surface area contributed by atoms with Crippen molar-refractivity contribution in [3.8, 4) is 0 Å². The van der Waals surface area contributed by atoms with Crippen molar-refractivity contribution in [3.05, 3.63) is 45.2 Å². The number of amides is 1. The van der Waals surface area contributed by atoms with Crippen LogP contribution in [-0.2, 0) is 0 Å². The third-order valence-corrected chi connectivity index (χ3v) is 4.19. The van der Waals surface area contributed by atoms with Crippen LogP contribution in [0.25, 0.3) is 0 Å². The second-order valence-corrected chi connectivity index (χ2v) is 5.56. The summed E-state index contributed by atoms with van der Waals surface area (Å²) in [4.78, 5) is 12.0. The lowest BCUT2D eigenvalue weighted by Gasteiger charge is -2.16. The largest absolute Gasteiger partial charge is 0.303 e. The fraction of sp³-hybridized carbons (Fsp3) is 0.357. The summed E-state index contributed by atoms with van der Waals surface area (Å²) in [5.41, 5.74) is 7.71. The molecule has 1 aromatic rings. The molecule has 96 valence electrons. The molecule has 0 aromatic heterocycles. The number of hydrogen-bond acceptors (Lipinski definition) is 2. The minimum Gasteiger partial charge on any atom is -0.303 e. The highest BCUT2D eigenvalue weighted by Gasteiger charge is 2.18. The van der Waals surface area contributed by atoms with Crippen LogP contribution >= 0.6 is 22.6 Å². The lowest BCUT2D eigenvalue weighted by Crippen LogP contribution is -2.38. The molecular formula is C14H17IN2O. The van der Waals surface area contributed by atoms with Crippen molar-refractivity contribution in [3.63, 3.8) is 0 Å². The Balaban J connectivity index is 1.95. The first kappa shape index (κ1) is 13.4. The van der Waals surface area contributed by atoms with E-state index in [0.29, 0.717) is 11.5 Å². The van der Waals surface area contributed by atoms with Gasteiger partial charge in [-0.3, -0.25) is 10.2 Å². The molecule has 2 N–H and O–H groups in total. The molecule has 0 saturated carbocycles. The molecule has 18 heavy (non-hydrogen) atoms. The van der Waals surface area contributed by atoms with E-state index >= 15 is 0 Å². The first-order chi connectivity index (χ1) is 8.72. The molecular weight excluding hydrogens is 339 g/mol. The Kier molecular flexibility index (Phi) is 4.63. The van der Waals surface area contributed by atoms with Crippen molar-refractivity contribution in [2.45, 2.75) is 26.2 Å².